The molecule has 0 aliphatic carbocycles. The molecule has 1 fully saturated rings. The molecule has 1 N–H and O–H groups in total. The van der Waals surface area contributed by atoms with Gasteiger partial charge in [-0.15, -0.1) is 0 Å². The quantitative estimate of drug-likeness (QED) is 0.461. The van der Waals surface area contributed by atoms with E-state index < -0.39 is 0 Å². The summed E-state index contributed by atoms with van der Waals surface area (Å²) in [7, 11) is 3.21. The van der Waals surface area contributed by atoms with Crippen molar-refractivity contribution in [3.8, 4) is 17.6 Å². The van der Waals surface area contributed by atoms with E-state index in [-0.39, 0.29) is 11.5 Å². The van der Waals surface area contributed by atoms with Crippen LogP contribution in [0, 0.1) is 17.2 Å². The lowest BCUT2D eigenvalue weighted by Crippen LogP contribution is -2.38. The highest BCUT2D eigenvalue weighted by atomic mass is 16.5. The Morgan fingerprint density at radius 1 is 1.31 bits per heavy atom. The minimum absolute atomic E-state index is 0.159. The summed E-state index contributed by atoms with van der Waals surface area (Å²) < 4.78 is 10.5. The molecular weight excluding hydrogens is 330 g/mol. The van der Waals surface area contributed by atoms with E-state index in [1.807, 2.05) is 24.3 Å². The molecule has 6 heteroatoms. The van der Waals surface area contributed by atoms with E-state index in [1.165, 1.54) is 6.20 Å². The molecule has 1 heterocycles. The van der Waals surface area contributed by atoms with Gasteiger partial charge in [0.25, 0.3) is 5.91 Å². The number of ether oxygens (including phenoxy) is 2. The second kappa shape index (κ2) is 9.71. The maximum atomic E-state index is 12.4. The normalized spacial score (nSPS) is 15.3. The molecule has 0 saturated carbocycles. The standard InChI is InChI=1S/C20H27N3O3/c1-15-7-10-23(11-8-15)20(24)17(13-21)14-22-9-6-16-4-5-18(25-2)19(12-16)26-3/h4-5,12,14-15,22H,6-11H2,1-3H3/b17-14-. The summed E-state index contributed by atoms with van der Waals surface area (Å²) in [4.78, 5) is 14.2. The first kappa shape index (κ1) is 19.6. The molecule has 0 spiro atoms. The van der Waals surface area contributed by atoms with Crippen LogP contribution in [0.1, 0.15) is 25.3 Å². The van der Waals surface area contributed by atoms with Crippen LogP contribution in [0.5, 0.6) is 11.5 Å². The van der Waals surface area contributed by atoms with Crippen molar-refractivity contribution in [2.24, 2.45) is 5.92 Å². The zero-order chi connectivity index (χ0) is 18.9. The van der Waals surface area contributed by atoms with Crippen molar-refractivity contribution in [2.45, 2.75) is 26.2 Å². The number of hydrogen-bond donors (Lipinski definition) is 1. The van der Waals surface area contributed by atoms with Gasteiger partial charge in [0.1, 0.15) is 11.6 Å². The number of hydrogen-bond acceptors (Lipinski definition) is 5. The Balaban J connectivity index is 1.88. The van der Waals surface area contributed by atoms with Crippen molar-refractivity contribution < 1.29 is 14.3 Å². The van der Waals surface area contributed by atoms with Crippen molar-refractivity contribution in [3.05, 3.63) is 35.5 Å². The van der Waals surface area contributed by atoms with Crippen LogP contribution in [0.15, 0.2) is 30.0 Å². The number of nitrogens with one attached hydrogen (secondary N) is 1. The molecule has 0 bridgehead atoms. The number of amides is 1. The highest BCUT2D eigenvalue weighted by Crippen LogP contribution is 2.27. The molecule has 26 heavy (non-hydrogen) atoms. The topological polar surface area (TPSA) is 74.6 Å². The first-order valence-corrected chi connectivity index (χ1v) is 8.92. The number of likely N-dealkylation sites (tertiary alicyclic amines) is 1. The van der Waals surface area contributed by atoms with Crippen molar-refractivity contribution in [1.82, 2.24) is 10.2 Å². The zero-order valence-corrected chi connectivity index (χ0v) is 15.7. The van der Waals surface area contributed by atoms with Crippen LogP contribution >= 0.6 is 0 Å². The lowest BCUT2D eigenvalue weighted by molar-refractivity contribution is -0.128. The van der Waals surface area contributed by atoms with Crippen molar-refractivity contribution >= 4 is 5.91 Å². The monoisotopic (exact) mass is 357 g/mol. The average molecular weight is 357 g/mol. The van der Waals surface area contributed by atoms with Gasteiger partial charge < -0.3 is 19.7 Å². The number of benzene rings is 1. The first-order chi connectivity index (χ1) is 12.6. The fourth-order valence-corrected chi connectivity index (χ4v) is 2.95. The van der Waals surface area contributed by atoms with Crippen LogP contribution in [0.3, 0.4) is 0 Å². The van der Waals surface area contributed by atoms with Gasteiger partial charge in [0, 0.05) is 25.8 Å². The predicted octanol–water partition coefficient (Wildman–Crippen LogP) is 2.50. The molecule has 1 saturated heterocycles. The minimum atomic E-state index is -0.182. The van der Waals surface area contributed by atoms with E-state index in [1.54, 1.807) is 19.1 Å². The van der Waals surface area contributed by atoms with Gasteiger partial charge >= 0.3 is 0 Å². The SMILES string of the molecule is COc1ccc(CCN/C=C(/C#N)C(=O)N2CCC(C)CC2)cc1OC. The fourth-order valence-electron chi connectivity index (χ4n) is 2.95. The van der Waals surface area contributed by atoms with Crippen LogP contribution < -0.4 is 14.8 Å². The molecule has 0 atom stereocenters. The molecular formula is C20H27N3O3. The summed E-state index contributed by atoms with van der Waals surface area (Å²) >= 11 is 0. The van der Waals surface area contributed by atoms with E-state index in [4.69, 9.17) is 9.47 Å². The lowest BCUT2D eigenvalue weighted by atomic mass is 9.99. The molecule has 6 nitrogen and oxygen atoms in total. The maximum Gasteiger partial charge on any atom is 0.265 e. The van der Waals surface area contributed by atoms with E-state index in [0.29, 0.717) is 24.0 Å². The average Bonchev–Trinajstić information content (AvgIpc) is 2.68. The van der Waals surface area contributed by atoms with Gasteiger partial charge in [-0.2, -0.15) is 5.26 Å². The van der Waals surface area contributed by atoms with E-state index in [0.717, 1.165) is 37.9 Å². The number of carbonyl (C=O) groups is 1. The number of rotatable bonds is 7. The molecule has 1 aromatic carbocycles. The number of carbonyl (C=O) groups excluding carboxylic acids is 1. The van der Waals surface area contributed by atoms with E-state index >= 15 is 0 Å². The predicted molar refractivity (Wildman–Crippen MR) is 99.9 cm³/mol. The summed E-state index contributed by atoms with van der Waals surface area (Å²) in [5.41, 5.74) is 1.24. The van der Waals surface area contributed by atoms with E-state index in [9.17, 15) is 10.1 Å². The summed E-state index contributed by atoms with van der Waals surface area (Å²) in [5.74, 6) is 1.84. The van der Waals surface area contributed by atoms with Crippen LogP contribution in [-0.4, -0.2) is 44.7 Å². The smallest absolute Gasteiger partial charge is 0.265 e. The Labute approximate surface area is 155 Å². The van der Waals surface area contributed by atoms with Gasteiger partial charge in [-0.25, -0.2) is 0 Å². The molecule has 2 rings (SSSR count). The molecule has 0 aromatic heterocycles. The zero-order valence-electron chi connectivity index (χ0n) is 15.7. The highest BCUT2D eigenvalue weighted by Gasteiger charge is 2.22. The van der Waals surface area contributed by atoms with Gasteiger partial charge in [0.2, 0.25) is 0 Å². The fraction of sp³-hybridized carbons (Fsp3) is 0.500. The minimum Gasteiger partial charge on any atom is -0.493 e. The number of nitriles is 1. The summed E-state index contributed by atoms with van der Waals surface area (Å²) in [5, 5.41) is 12.4. The second-order valence-corrected chi connectivity index (χ2v) is 6.54. The summed E-state index contributed by atoms with van der Waals surface area (Å²) in [6, 6.07) is 7.78. The van der Waals surface area contributed by atoms with Gasteiger partial charge in [-0.05, 0) is 42.9 Å². The molecule has 140 valence electrons. The van der Waals surface area contributed by atoms with Crippen LogP contribution in [0.25, 0.3) is 0 Å². The van der Waals surface area contributed by atoms with Gasteiger partial charge in [0.05, 0.1) is 14.2 Å². The van der Waals surface area contributed by atoms with E-state index in [2.05, 4.69) is 12.2 Å². The number of nitrogens with zero attached hydrogens (tertiary/aromatic N) is 2. The van der Waals surface area contributed by atoms with Crippen LogP contribution in [0.4, 0.5) is 0 Å². The van der Waals surface area contributed by atoms with Crippen LogP contribution in [-0.2, 0) is 11.2 Å². The third-order valence-electron chi connectivity index (χ3n) is 4.67. The van der Waals surface area contributed by atoms with Crippen LogP contribution in [0.2, 0.25) is 0 Å². The Morgan fingerprint density at radius 2 is 2.00 bits per heavy atom. The molecule has 0 radical (unpaired) electrons. The van der Waals surface area contributed by atoms with Crippen molar-refractivity contribution in [2.75, 3.05) is 33.9 Å². The maximum absolute atomic E-state index is 12.4. The third kappa shape index (κ3) is 5.16. The number of methoxy groups -OCH3 is 2. The van der Waals surface area contributed by atoms with Crippen molar-refractivity contribution in [3.63, 3.8) is 0 Å². The van der Waals surface area contributed by atoms with Gasteiger partial charge in [-0.3, -0.25) is 4.79 Å². The van der Waals surface area contributed by atoms with Gasteiger partial charge in [0.15, 0.2) is 11.5 Å². The lowest BCUT2D eigenvalue weighted by Gasteiger charge is -2.30. The second-order valence-electron chi connectivity index (χ2n) is 6.54. The molecule has 0 unspecified atom stereocenters. The Morgan fingerprint density at radius 3 is 2.62 bits per heavy atom. The largest absolute Gasteiger partial charge is 0.493 e. The molecule has 1 amide bonds. The molecule has 1 aliphatic rings. The summed E-state index contributed by atoms with van der Waals surface area (Å²) in [6.07, 6.45) is 4.26. The Hall–Kier alpha value is -2.68. The first-order valence-electron chi connectivity index (χ1n) is 8.92. The summed E-state index contributed by atoms with van der Waals surface area (Å²) in [6.45, 7) is 4.26. The Bertz CT molecular complexity index is 686. The molecule has 1 aliphatic heterocycles. The Kier molecular flexibility index (Phi) is 7.34. The van der Waals surface area contributed by atoms with Gasteiger partial charge in [-0.1, -0.05) is 13.0 Å². The number of piperidine rings is 1. The van der Waals surface area contributed by atoms with Crippen molar-refractivity contribution in [1.29, 1.82) is 5.26 Å². The third-order valence-corrected chi connectivity index (χ3v) is 4.67. The molecule has 1 aromatic rings. The highest BCUT2D eigenvalue weighted by molar-refractivity contribution is 5.97.